The van der Waals surface area contributed by atoms with E-state index in [1.165, 1.54) is 12.1 Å². The van der Waals surface area contributed by atoms with Gasteiger partial charge in [-0.2, -0.15) is 0 Å². The summed E-state index contributed by atoms with van der Waals surface area (Å²) in [5.74, 6) is -0.329. The fraction of sp³-hybridized carbons (Fsp3) is 0.333. The van der Waals surface area contributed by atoms with Gasteiger partial charge in [-0.25, -0.2) is 4.39 Å². The fourth-order valence-corrected chi connectivity index (χ4v) is 1.84. The molecule has 1 aromatic rings. The van der Waals surface area contributed by atoms with Crippen LogP contribution in [0.1, 0.15) is 12.5 Å². The second-order valence-corrected chi connectivity index (χ2v) is 4.05. The molecule has 1 unspecified atom stereocenters. The van der Waals surface area contributed by atoms with Gasteiger partial charge in [-0.3, -0.25) is 0 Å². The first-order valence-electron chi connectivity index (χ1n) is 3.82. The second-order valence-electron chi connectivity index (χ2n) is 3.20. The number of benzene rings is 1. The van der Waals surface area contributed by atoms with Gasteiger partial charge < -0.3 is 10.8 Å². The van der Waals surface area contributed by atoms with Gasteiger partial charge in [0, 0.05) is 4.47 Å². The van der Waals surface area contributed by atoms with Gasteiger partial charge >= 0.3 is 0 Å². The van der Waals surface area contributed by atoms with Crippen molar-refractivity contribution in [3.63, 3.8) is 0 Å². The van der Waals surface area contributed by atoms with Crippen LogP contribution in [0.2, 0.25) is 0 Å². The summed E-state index contributed by atoms with van der Waals surface area (Å²) < 4.78 is 13.3. The minimum Gasteiger partial charge on any atom is -0.394 e. The Kier molecular flexibility index (Phi) is 3.05. The number of rotatable bonds is 2. The highest BCUT2D eigenvalue weighted by Crippen LogP contribution is 2.26. The first-order chi connectivity index (χ1) is 5.97. The van der Waals surface area contributed by atoms with E-state index in [1.807, 2.05) is 0 Å². The Morgan fingerprint density at radius 1 is 1.62 bits per heavy atom. The molecule has 0 heterocycles. The minimum absolute atomic E-state index is 0.183. The van der Waals surface area contributed by atoms with E-state index < -0.39 is 5.54 Å². The summed E-state index contributed by atoms with van der Waals surface area (Å²) in [6.45, 7) is 1.50. The molecule has 0 aliphatic rings. The molecule has 0 saturated carbocycles. The first kappa shape index (κ1) is 10.6. The molecule has 0 radical (unpaired) electrons. The van der Waals surface area contributed by atoms with Crippen LogP contribution in [-0.2, 0) is 5.54 Å². The zero-order chi connectivity index (χ0) is 10.1. The highest BCUT2D eigenvalue weighted by molar-refractivity contribution is 9.10. The third-order valence-corrected chi connectivity index (χ3v) is 2.53. The lowest BCUT2D eigenvalue weighted by molar-refractivity contribution is 0.209. The van der Waals surface area contributed by atoms with Crippen LogP contribution in [0, 0.1) is 5.82 Å². The van der Waals surface area contributed by atoms with E-state index in [0.717, 1.165) is 0 Å². The molecule has 0 spiro atoms. The molecule has 0 amide bonds. The summed E-state index contributed by atoms with van der Waals surface area (Å²) in [6, 6.07) is 4.21. The van der Waals surface area contributed by atoms with Gasteiger partial charge in [0.1, 0.15) is 5.82 Å². The summed E-state index contributed by atoms with van der Waals surface area (Å²) in [6.07, 6.45) is 0. The summed E-state index contributed by atoms with van der Waals surface area (Å²) in [5, 5.41) is 9.00. The van der Waals surface area contributed by atoms with Gasteiger partial charge in [0.25, 0.3) is 0 Å². The van der Waals surface area contributed by atoms with Crippen molar-refractivity contribution in [2.75, 3.05) is 6.61 Å². The van der Waals surface area contributed by atoms with Crippen molar-refractivity contribution in [2.24, 2.45) is 5.73 Å². The number of hydrogen-bond acceptors (Lipinski definition) is 2. The van der Waals surface area contributed by atoms with Gasteiger partial charge in [-0.05, 0) is 24.6 Å². The van der Waals surface area contributed by atoms with Crippen molar-refractivity contribution >= 4 is 15.9 Å². The summed E-state index contributed by atoms with van der Waals surface area (Å²) in [4.78, 5) is 0. The maximum atomic E-state index is 12.7. The van der Waals surface area contributed by atoms with Crippen LogP contribution in [0.5, 0.6) is 0 Å². The van der Waals surface area contributed by atoms with E-state index in [1.54, 1.807) is 13.0 Å². The average Bonchev–Trinajstić information content (AvgIpc) is 2.03. The molecule has 0 aliphatic carbocycles. The molecule has 0 aliphatic heterocycles. The van der Waals surface area contributed by atoms with Crippen molar-refractivity contribution in [3.8, 4) is 0 Å². The van der Waals surface area contributed by atoms with E-state index in [4.69, 9.17) is 10.8 Å². The van der Waals surface area contributed by atoms with Crippen LogP contribution in [0.4, 0.5) is 4.39 Å². The Morgan fingerprint density at radius 3 is 2.69 bits per heavy atom. The highest BCUT2D eigenvalue weighted by Gasteiger charge is 2.22. The summed E-state index contributed by atoms with van der Waals surface area (Å²) in [5.41, 5.74) is 5.64. The third-order valence-electron chi connectivity index (χ3n) is 1.87. The fourth-order valence-electron chi connectivity index (χ4n) is 1.04. The van der Waals surface area contributed by atoms with Crippen molar-refractivity contribution in [2.45, 2.75) is 12.5 Å². The summed E-state index contributed by atoms with van der Waals surface area (Å²) in [7, 11) is 0. The van der Waals surface area contributed by atoms with Crippen molar-refractivity contribution < 1.29 is 9.50 Å². The number of halogens is 2. The van der Waals surface area contributed by atoms with Gasteiger partial charge in [0.2, 0.25) is 0 Å². The van der Waals surface area contributed by atoms with Gasteiger partial charge in [0.15, 0.2) is 0 Å². The van der Waals surface area contributed by atoms with E-state index >= 15 is 0 Å². The lowest BCUT2D eigenvalue weighted by Crippen LogP contribution is -2.37. The van der Waals surface area contributed by atoms with E-state index in [9.17, 15) is 4.39 Å². The Bertz CT molecular complexity index is 314. The van der Waals surface area contributed by atoms with Crippen molar-refractivity contribution in [1.29, 1.82) is 0 Å². The summed E-state index contributed by atoms with van der Waals surface area (Å²) >= 11 is 3.19. The van der Waals surface area contributed by atoms with E-state index in [0.29, 0.717) is 10.0 Å². The van der Waals surface area contributed by atoms with Crippen LogP contribution >= 0.6 is 15.9 Å². The molecule has 1 atom stereocenters. The first-order valence-corrected chi connectivity index (χ1v) is 4.62. The zero-order valence-corrected chi connectivity index (χ0v) is 8.81. The monoisotopic (exact) mass is 247 g/mol. The molecule has 1 rings (SSSR count). The molecule has 13 heavy (non-hydrogen) atoms. The second kappa shape index (κ2) is 3.74. The molecule has 1 aromatic carbocycles. The standard InChI is InChI=1S/C9H11BrFNO/c1-9(12,5-13)7-3-2-6(11)4-8(7)10/h2-4,13H,5,12H2,1H3. The van der Waals surface area contributed by atoms with Crippen molar-refractivity contribution in [3.05, 3.63) is 34.1 Å². The maximum absolute atomic E-state index is 12.7. The van der Waals surface area contributed by atoms with Crippen LogP contribution < -0.4 is 5.73 Å². The van der Waals surface area contributed by atoms with Gasteiger partial charge in [-0.1, -0.05) is 22.0 Å². The third kappa shape index (κ3) is 2.27. The molecule has 0 bridgehead atoms. The van der Waals surface area contributed by atoms with Gasteiger partial charge in [0.05, 0.1) is 12.1 Å². The Hall–Kier alpha value is -0.450. The Labute approximate surface area is 84.7 Å². The molecule has 0 saturated heterocycles. The molecule has 0 fully saturated rings. The normalized spacial score (nSPS) is 15.5. The average molecular weight is 248 g/mol. The molecule has 0 aromatic heterocycles. The number of nitrogens with two attached hydrogens (primary N) is 1. The maximum Gasteiger partial charge on any atom is 0.124 e. The van der Waals surface area contributed by atoms with Crippen LogP contribution in [0.15, 0.2) is 22.7 Å². The van der Waals surface area contributed by atoms with E-state index in [-0.39, 0.29) is 12.4 Å². The lowest BCUT2D eigenvalue weighted by Gasteiger charge is -2.23. The predicted octanol–water partition coefficient (Wildman–Crippen LogP) is 1.75. The molecule has 2 nitrogen and oxygen atoms in total. The quantitative estimate of drug-likeness (QED) is 0.837. The molecular weight excluding hydrogens is 237 g/mol. The Balaban J connectivity index is 3.16. The predicted molar refractivity (Wildman–Crippen MR) is 52.7 cm³/mol. The van der Waals surface area contributed by atoms with Crippen LogP contribution in [0.3, 0.4) is 0 Å². The van der Waals surface area contributed by atoms with E-state index in [2.05, 4.69) is 15.9 Å². The van der Waals surface area contributed by atoms with Crippen molar-refractivity contribution in [1.82, 2.24) is 0 Å². The van der Waals surface area contributed by atoms with Crippen LogP contribution in [-0.4, -0.2) is 11.7 Å². The molecule has 72 valence electrons. The highest BCUT2D eigenvalue weighted by atomic mass is 79.9. The largest absolute Gasteiger partial charge is 0.394 e. The smallest absolute Gasteiger partial charge is 0.124 e. The molecule has 4 heteroatoms. The number of aliphatic hydroxyl groups is 1. The molecule has 3 N–H and O–H groups in total. The lowest BCUT2D eigenvalue weighted by atomic mass is 9.94. The zero-order valence-electron chi connectivity index (χ0n) is 7.22. The van der Waals surface area contributed by atoms with Gasteiger partial charge in [-0.15, -0.1) is 0 Å². The number of aliphatic hydroxyl groups excluding tert-OH is 1. The Morgan fingerprint density at radius 2 is 2.23 bits per heavy atom. The topological polar surface area (TPSA) is 46.2 Å². The molecular formula is C9H11BrFNO. The van der Waals surface area contributed by atoms with Crippen LogP contribution in [0.25, 0.3) is 0 Å². The minimum atomic E-state index is -0.841. The SMILES string of the molecule is CC(N)(CO)c1ccc(F)cc1Br. The number of hydrogen-bond donors (Lipinski definition) is 2.